The Morgan fingerprint density at radius 2 is 1.80 bits per heavy atom. The van der Waals surface area contributed by atoms with E-state index in [0.717, 1.165) is 53.0 Å². The lowest BCUT2D eigenvalue weighted by molar-refractivity contribution is -0.384. The molecular weight excluding hydrogens is 488 g/mol. The molecule has 3 aromatic carbocycles. The van der Waals surface area contributed by atoms with Crippen LogP contribution in [0.5, 0.6) is 0 Å². The van der Waals surface area contributed by atoms with Gasteiger partial charge in [0.1, 0.15) is 16.4 Å². The minimum absolute atomic E-state index is 0.126. The van der Waals surface area contributed by atoms with Gasteiger partial charge in [0, 0.05) is 34.2 Å². The summed E-state index contributed by atoms with van der Waals surface area (Å²) in [7, 11) is -4.13. The molecule has 9 heteroatoms. The van der Waals surface area contributed by atoms with Crippen molar-refractivity contribution in [3.63, 3.8) is 0 Å². The minimum atomic E-state index is -4.13. The second-order valence-corrected chi connectivity index (χ2v) is 12.2. The molecule has 1 aromatic heterocycles. The first-order valence-corrected chi connectivity index (χ1v) is 13.2. The van der Waals surface area contributed by atoms with Crippen molar-refractivity contribution >= 4 is 54.7 Å². The van der Waals surface area contributed by atoms with Crippen molar-refractivity contribution in [2.45, 2.75) is 44.9 Å². The van der Waals surface area contributed by atoms with E-state index in [2.05, 4.69) is 25.5 Å². The lowest BCUT2D eigenvalue weighted by Gasteiger charge is -2.33. The molecule has 0 saturated carbocycles. The summed E-state index contributed by atoms with van der Waals surface area (Å²) in [6.45, 7) is 6.72. The van der Waals surface area contributed by atoms with E-state index in [0.29, 0.717) is 17.0 Å². The first-order valence-electron chi connectivity index (χ1n) is 11.4. The standard InChI is InChI=1S/C26H25ClN2O5S/c1-26(2,3)15-8-11-24-19(12-15)20-14-22(17-6-4-5-7-18(17)25(20)34-24)28-35(32,33)16-9-10-21(27)23(13-16)29(30)31/h4-7,9-10,13-15,28H,8,11-12H2,1-3H3/t15-/m0/s1. The third kappa shape index (κ3) is 4.15. The molecule has 1 aliphatic carbocycles. The fourth-order valence-electron chi connectivity index (χ4n) is 4.92. The Balaban J connectivity index is 1.65. The minimum Gasteiger partial charge on any atom is -0.460 e. The number of nitrogens with zero attached hydrogens (tertiary/aromatic N) is 1. The van der Waals surface area contributed by atoms with Gasteiger partial charge in [-0.15, -0.1) is 0 Å². The number of hydrogen-bond donors (Lipinski definition) is 1. The molecule has 7 nitrogen and oxygen atoms in total. The van der Waals surface area contributed by atoms with E-state index < -0.39 is 20.6 Å². The summed E-state index contributed by atoms with van der Waals surface area (Å²) in [5, 5.41) is 13.5. The Hall–Kier alpha value is -3.10. The van der Waals surface area contributed by atoms with Crippen LogP contribution in [0.4, 0.5) is 11.4 Å². The van der Waals surface area contributed by atoms with E-state index in [1.165, 1.54) is 12.1 Å². The largest absolute Gasteiger partial charge is 0.460 e. The summed E-state index contributed by atoms with van der Waals surface area (Å²) >= 11 is 5.88. The molecule has 1 N–H and O–H groups in total. The second kappa shape index (κ2) is 8.24. The molecule has 0 saturated heterocycles. The number of anilines is 1. The van der Waals surface area contributed by atoms with Crippen molar-refractivity contribution in [2.75, 3.05) is 4.72 Å². The van der Waals surface area contributed by atoms with E-state index >= 15 is 0 Å². The molecule has 0 amide bonds. The Morgan fingerprint density at radius 3 is 2.49 bits per heavy atom. The van der Waals surface area contributed by atoms with Gasteiger partial charge in [0.2, 0.25) is 0 Å². The smallest absolute Gasteiger partial charge is 0.289 e. The second-order valence-electron chi connectivity index (χ2n) is 10.1. The molecule has 5 rings (SSSR count). The average molecular weight is 513 g/mol. The summed E-state index contributed by atoms with van der Waals surface area (Å²) < 4.78 is 35.5. The summed E-state index contributed by atoms with van der Waals surface area (Å²) in [5.41, 5.74) is 1.95. The van der Waals surface area contributed by atoms with E-state index in [-0.39, 0.29) is 15.3 Å². The molecule has 0 aliphatic heterocycles. The van der Waals surface area contributed by atoms with Crippen molar-refractivity contribution in [3.8, 4) is 0 Å². The van der Waals surface area contributed by atoms with Crippen LogP contribution < -0.4 is 4.72 Å². The van der Waals surface area contributed by atoms with Gasteiger partial charge < -0.3 is 4.42 Å². The number of nitrogens with one attached hydrogen (secondary N) is 1. The third-order valence-corrected chi connectivity index (χ3v) is 8.63. The van der Waals surface area contributed by atoms with Crippen molar-refractivity contribution in [1.29, 1.82) is 0 Å². The molecule has 1 heterocycles. The average Bonchev–Trinajstić information content (AvgIpc) is 3.16. The highest BCUT2D eigenvalue weighted by atomic mass is 35.5. The fourth-order valence-corrected chi connectivity index (χ4v) is 6.20. The lowest BCUT2D eigenvalue weighted by Crippen LogP contribution is -2.26. The predicted molar refractivity (Wildman–Crippen MR) is 138 cm³/mol. The van der Waals surface area contributed by atoms with Gasteiger partial charge in [0.05, 0.1) is 15.5 Å². The zero-order valence-electron chi connectivity index (χ0n) is 19.6. The monoisotopic (exact) mass is 512 g/mol. The maximum Gasteiger partial charge on any atom is 0.289 e. The lowest BCUT2D eigenvalue weighted by atomic mass is 9.71. The van der Waals surface area contributed by atoms with Crippen molar-refractivity contribution in [3.05, 3.63) is 75.0 Å². The van der Waals surface area contributed by atoms with Gasteiger partial charge in [-0.2, -0.15) is 0 Å². The van der Waals surface area contributed by atoms with E-state index in [4.69, 9.17) is 16.0 Å². The molecule has 1 aliphatic rings. The van der Waals surface area contributed by atoms with Crippen LogP contribution in [0.1, 0.15) is 38.5 Å². The van der Waals surface area contributed by atoms with E-state index in [1.807, 2.05) is 30.3 Å². The van der Waals surface area contributed by atoms with Gasteiger partial charge in [-0.05, 0) is 42.4 Å². The van der Waals surface area contributed by atoms with Crippen LogP contribution in [0.15, 0.2) is 57.8 Å². The van der Waals surface area contributed by atoms with Crippen LogP contribution in [-0.2, 0) is 22.9 Å². The summed E-state index contributed by atoms with van der Waals surface area (Å²) in [6, 6.07) is 12.7. The number of aryl methyl sites for hydroxylation is 1. The SMILES string of the molecule is CC(C)(C)[C@H]1CCc2oc3c(cc(NS(=O)(=O)c4ccc(Cl)c([N+](=O)[O-])c4)c4ccccc43)c2C1. The van der Waals surface area contributed by atoms with Gasteiger partial charge in [-0.25, -0.2) is 8.42 Å². The van der Waals surface area contributed by atoms with Crippen molar-refractivity contribution in [1.82, 2.24) is 0 Å². The first kappa shape index (κ1) is 23.6. The molecule has 4 aromatic rings. The quantitative estimate of drug-likeness (QED) is 0.232. The Labute approximate surface area is 208 Å². The molecule has 0 unspecified atom stereocenters. The zero-order chi connectivity index (χ0) is 25.1. The highest BCUT2D eigenvalue weighted by Gasteiger charge is 2.32. The number of furan rings is 1. The molecular formula is C26H25ClN2O5S. The summed E-state index contributed by atoms with van der Waals surface area (Å²) in [6.07, 6.45) is 2.75. The van der Waals surface area contributed by atoms with Crippen LogP contribution in [0, 0.1) is 21.4 Å². The van der Waals surface area contributed by atoms with E-state index in [9.17, 15) is 18.5 Å². The Morgan fingerprint density at radius 1 is 1.09 bits per heavy atom. The third-order valence-electron chi connectivity index (χ3n) is 6.95. The van der Waals surface area contributed by atoms with Crippen LogP contribution in [0.3, 0.4) is 0 Å². The normalized spacial score (nSPS) is 16.4. The highest BCUT2D eigenvalue weighted by Crippen LogP contribution is 2.44. The number of hydrogen-bond acceptors (Lipinski definition) is 5. The maximum absolute atomic E-state index is 13.3. The Bertz CT molecular complexity index is 1600. The Kier molecular flexibility index (Phi) is 5.56. The number of nitro benzene ring substituents is 1. The maximum atomic E-state index is 13.3. The van der Waals surface area contributed by atoms with Crippen LogP contribution in [-0.4, -0.2) is 13.3 Å². The number of halogens is 1. The first-order chi connectivity index (χ1) is 16.5. The van der Waals surface area contributed by atoms with Crippen LogP contribution in [0.25, 0.3) is 21.7 Å². The molecule has 0 fully saturated rings. The van der Waals surface area contributed by atoms with Crippen molar-refractivity contribution in [2.24, 2.45) is 11.3 Å². The number of benzene rings is 3. The zero-order valence-corrected chi connectivity index (χ0v) is 21.2. The number of sulfonamides is 1. The number of nitro groups is 1. The van der Waals surface area contributed by atoms with Gasteiger partial charge >= 0.3 is 0 Å². The molecule has 0 spiro atoms. The molecule has 35 heavy (non-hydrogen) atoms. The topological polar surface area (TPSA) is 102 Å². The molecule has 182 valence electrons. The van der Waals surface area contributed by atoms with Gasteiger partial charge in [-0.1, -0.05) is 56.6 Å². The fraction of sp³-hybridized carbons (Fsp3) is 0.308. The van der Waals surface area contributed by atoms with Gasteiger partial charge in [0.15, 0.2) is 0 Å². The predicted octanol–water partition coefficient (Wildman–Crippen LogP) is 7.10. The molecule has 0 bridgehead atoms. The number of fused-ring (bicyclic) bond motifs is 5. The summed E-state index contributed by atoms with van der Waals surface area (Å²) in [5.74, 6) is 1.44. The van der Waals surface area contributed by atoms with Crippen LogP contribution >= 0.6 is 11.6 Å². The highest BCUT2D eigenvalue weighted by molar-refractivity contribution is 7.92. The van der Waals surface area contributed by atoms with Gasteiger partial charge in [-0.3, -0.25) is 14.8 Å². The van der Waals surface area contributed by atoms with Gasteiger partial charge in [0.25, 0.3) is 15.7 Å². The van der Waals surface area contributed by atoms with Crippen molar-refractivity contribution < 1.29 is 17.8 Å². The van der Waals surface area contributed by atoms with Crippen LogP contribution in [0.2, 0.25) is 5.02 Å². The number of rotatable bonds is 4. The van der Waals surface area contributed by atoms with E-state index in [1.54, 1.807) is 0 Å². The summed E-state index contributed by atoms with van der Waals surface area (Å²) in [4.78, 5) is 10.3. The molecule has 0 radical (unpaired) electrons. The molecule has 1 atom stereocenters.